The minimum absolute atomic E-state index is 0.285. The number of aromatic amines is 1. The zero-order chi connectivity index (χ0) is 19.4. The van der Waals surface area contributed by atoms with Crippen molar-refractivity contribution in [2.45, 2.75) is 39.5 Å². The summed E-state index contributed by atoms with van der Waals surface area (Å²) in [4.78, 5) is 34.6. The number of pyridine rings is 1. The summed E-state index contributed by atoms with van der Waals surface area (Å²) in [5.74, 6) is 0.219. The molecular formula is C20H26N4O3. The third-order valence-electron chi connectivity index (χ3n) is 4.84. The fourth-order valence-corrected chi connectivity index (χ4v) is 3.54. The number of hydrogen-bond donors (Lipinski definition) is 2. The normalized spacial score (nSPS) is 13.7. The number of hydrogen-bond acceptors (Lipinski definition) is 5. The summed E-state index contributed by atoms with van der Waals surface area (Å²) >= 11 is 0. The van der Waals surface area contributed by atoms with Crippen LogP contribution in [0, 0.1) is 6.92 Å². The number of methoxy groups -OCH3 is 1. The second-order valence-electron chi connectivity index (χ2n) is 6.77. The second kappa shape index (κ2) is 8.24. The monoisotopic (exact) mass is 370 g/mol. The Bertz CT molecular complexity index is 820. The minimum atomic E-state index is -0.428. The van der Waals surface area contributed by atoms with Gasteiger partial charge in [0.2, 0.25) is 0 Å². The lowest BCUT2D eigenvalue weighted by molar-refractivity contribution is 0.0599. The summed E-state index contributed by atoms with van der Waals surface area (Å²) in [5, 5.41) is 2.87. The third kappa shape index (κ3) is 3.97. The van der Waals surface area contributed by atoms with Gasteiger partial charge in [0.15, 0.2) is 0 Å². The molecule has 0 unspecified atom stereocenters. The van der Waals surface area contributed by atoms with Crippen LogP contribution in [0.2, 0.25) is 0 Å². The molecule has 7 nitrogen and oxygen atoms in total. The molecule has 7 heteroatoms. The number of aromatic nitrogens is 2. The molecule has 1 aliphatic heterocycles. The van der Waals surface area contributed by atoms with E-state index >= 15 is 0 Å². The molecule has 0 bridgehead atoms. The predicted octanol–water partition coefficient (Wildman–Crippen LogP) is 3.31. The molecule has 1 fully saturated rings. The highest BCUT2D eigenvalue weighted by Crippen LogP contribution is 2.24. The average Bonchev–Trinajstić information content (AvgIpc) is 3.30. The number of rotatable bonds is 6. The van der Waals surface area contributed by atoms with E-state index in [2.05, 4.69) is 20.2 Å². The Balaban J connectivity index is 1.80. The Hall–Kier alpha value is -2.83. The maximum atomic E-state index is 12.8. The van der Waals surface area contributed by atoms with Crippen LogP contribution >= 0.6 is 0 Å². The van der Waals surface area contributed by atoms with Crippen molar-refractivity contribution in [2.75, 3.05) is 30.4 Å². The van der Waals surface area contributed by atoms with E-state index in [0.29, 0.717) is 34.6 Å². The van der Waals surface area contributed by atoms with Crippen molar-refractivity contribution in [1.82, 2.24) is 9.97 Å². The van der Waals surface area contributed by atoms with E-state index in [1.165, 1.54) is 20.0 Å². The maximum Gasteiger partial charge on any atom is 0.339 e. The summed E-state index contributed by atoms with van der Waals surface area (Å²) in [6, 6.07) is 3.78. The SMILES string of the molecule is CCCc1c(C(=O)Nc2ccc(N3CCCC3)nc2)[nH]c(C)c1C(=O)OC. The quantitative estimate of drug-likeness (QED) is 0.762. The molecule has 2 aromatic rings. The van der Waals surface area contributed by atoms with Crippen LogP contribution in [-0.2, 0) is 11.2 Å². The highest BCUT2D eigenvalue weighted by molar-refractivity contribution is 6.06. The van der Waals surface area contributed by atoms with Crippen LogP contribution in [0.5, 0.6) is 0 Å². The van der Waals surface area contributed by atoms with Crippen LogP contribution in [0.15, 0.2) is 18.3 Å². The van der Waals surface area contributed by atoms with Crippen LogP contribution < -0.4 is 10.2 Å². The van der Waals surface area contributed by atoms with Gasteiger partial charge in [0.1, 0.15) is 11.5 Å². The smallest absolute Gasteiger partial charge is 0.339 e. The molecule has 2 N–H and O–H groups in total. The molecule has 3 rings (SSSR count). The number of nitrogens with one attached hydrogen (secondary N) is 2. The topological polar surface area (TPSA) is 87.3 Å². The number of aryl methyl sites for hydroxylation is 1. The first kappa shape index (κ1) is 18.9. The summed E-state index contributed by atoms with van der Waals surface area (Å²) in [5.41, 5.74) is 2.81. The third-order valence-corrected chi connectivity index (χ3v) is 4.84. The molecular weight excluding hydrogens is 344 g/mol. The lowest BCUT2D eigenvalue weighted by Gasteiger charge is -2.16. The first-order valence-electron chi connectivity index (χ1n) is 9.37. The van der Waals surface area contributed by atoms with Gasteiger partial charge in [-0.15, -0.1) is 0 Å². The molecule has 0 atom stereocenters. The summed E-state index contributed by atoms with van der Waals surface area (Å²) in [6.07, 6.45) is 5.48. The fraction of sp³-hybridized carbons (Fsp3) is 0.450. The van der Waals surface area contributed by atoms with Crippen molar-refractivity contribution >= 4 is 23.4 Å². The zero-order valence-electron chi connectivity index (χ0n) is 16.1. The van der Waals surface area contributed by atoms with Gasteiger partial charge < -0.3 is 19.9 Å². The van der Waals surface area contributed by atoms with E-state index in [0.717, 1.165) is 25.3 Å². The minimum Gasteiger partial charge on any atom is -0.465 e. The standard InChI is InChI=1S/C20H26N4O3/c1-4-7-15-17(20(26)27-3)13(2)22-18(15)19(25)23-14-8-9-16(21-12-14)24-10-5-6-11-24/h8-9,12,22H,4-7,10-11H2,1-3H3,(H,23,25). The van der Waals surface area contributed by atoms with E-state index < -0.39 is 5.97 Å². The van der Waals surface area contributed by atoms with Gasteiger partial charge in [-0.1, -0.05) is 13.3 Å². The number of esters is 1. The highest BCUT2D eigenvalue weighted by Gasteiger charge is 2.25. The van der Waals surface area contributed by atoms with Gasteiger partial charge in [-0.25, -0.2) is 9.78 Å². The summed E-state index contributed by atoms with van der Waals surface area (Å²) in [6.45, 7) is 5.83. The van der Waals surface area contributed by atoms with Gasteiger partial charge in [0, 0.05) is 18.8 Å². The van der Waals surface area contributed by atoms with Crippen LogP contribution in [0.1, 0.15) is 58.3 Å². The number of H-pyrrole nitrogens is 1. The van der Waals surface area contributed by atoms with Gasteiger partial charge in [0.25, 0.3) is 5.91 Å². The maximum absolute atomic E-state index is 12.8. The first-order valence-corrected chi connectivity index (χ1v) is 9.37. The van der Waals surface area contributed by atoms with Crippen LogP contribution in [0.25, 0.3) is 0 Å². The molecule has 27 heavy (non-hydrogen) atoms. The summed E-state index contributed by atoms with van der Waals surface area (Å²) < 4.78 is 4.87. The van der Waals surface area contributed by atoms with E-state index in [9.17, 15) is 9.59 Å². The number of ether oxygens (including phenoxy) is 1. The Morgan fingerprint density at radius 1 is 1.30 bits per heavy atom. The van der Waals surface area contributed by atoms with Crippen molar-refractivity contribution < 1.29 is 14.3 Å². The molecule has 0 aromatic carbocycles. The van der Waals surface area contributed by atoms with Crippen molar-refractivity contribution in [3.8, 4) is 0 Å². The lowest BCUT2D eigenvalue weighted by atomic mass is 10.0. The number of nitrogens with zero attached hydrogens (tertiary/aromatic N) is 2. The first-order chi connectivity index (χ1) is 13.0. The Labute approximate surface area is 159 Å². The van der Waals surface area contributed by atoms with Crippen LogP contribution in [0.3, 0.4) is 0 Å². The molecule has 1 aliphatic rings. The van der Waals surface area contributed by atoms with Crippen LogP contribution in [-0.4, -0.2) is 42.0 Å². The van der Waals surface area contributed by atoms with E-state index in [1.807, 2.05) is 19.1 Å². The van der Waals surface area contributed by atoms with Crippen molar-refractivity contribution in [3.63, 3.8) is 0 Å². The molecule has 1 saturated heterocycles. The molecule has 2 aromatic heterocycles. The molecule has 0 spiro atoms. The molecule has 1 amide bonds. The van der Waals surface area contributed by atoms with Gasteiger partial charge in [-0.05, 0) is 43.9 Å². The van der Waals surface area contributed by atoms with Crippen LogP contribution in [0.4, 0.5) is 11.5 Å². The number of amides is 1. The molecule has 0 radical (unpaired) electrons. The van der Waals surface area contributed by atoms with E-state index in [1.54, 1.807) is 13.1 Å². The van der Waals surface area contributed by atoms with E-state index in [-0.39, 0.29) is 5.91 Å². The second-order valence-corrected chi connectivity index (χ2v) is 6.77. The molecule has 0 aliphatic carbocycles. The van der Waals surface area contributed by atoms with Gasteiger partial charge in [0.05, 0.1) is 24.6 Å². The Morgan fingerprint density at radius 2 is 2.04 bits per heavy atom. The number of carbonyl (C=O) groups excluding carboxylic acids is 2. The lowest BCUT2D eigenvalue weighted by Crippen LogP contribution is -2.19. The van der Waals surface area contributed by atoms with Crippen molar-refractivity contribution in [2.24, 2.45) is 0 Å². The molecule has 0 saturated carbocycles. The fourth-order valence-electron chi connectivity index (χ4n) is 3.54. The van der Waals surface area contributed by atoms with Gasteiger partial charge in [-0.3, -0.25) is 4.79 Å². The largest absolute Gasteiger partial charge is 0.465 e. The highest BCUT2D eigenvalue weighted by atomic mass is 16.5. The molecule has 144 valence electrons. The van der Waals surface area contributed by atoms with E-state index in [4.69, 9.17) is 4.74 Å². The van der Waals surface area contributed by atoms with Crippen molar-refractivity contribution in [3.05, 3.63) is 40.8 Å². The van der Waals surface area contributed by atoms with Crippen molar-refractivity contribution in [1.29, 1.82) is 0 Å². The zero-order valence-corrected chi connectivity index (χ0v) is 16.1. The van der Waals surface area contributed by atoms with Gasteiger partial charge in [-0.2, -0.15) is 0 Å². The Kier molecular flexibility index (Phi) is 5.78. The number of carbonyl (C=O) groups is 2. The van der Waals surface area contributed by atoms with Gasteiger partial charge >= 0.3 is 5.97 Å². The average molecular weight is 370 g/mol. The predicted molar refractivity (Wildman–Crippen MR) is 105 cm³/mol. The number of anilines is 2. The Morgan fingerprint density at radius 3 is 2.63 bits per heavy atom. The molecule has 3 heterocycles. The summed E-state index contributed by atoms with van der Waals surface area (Å²) in [7, 11) is 1.35.